The summed E-state index contributed by atoms with van der Waals surface area (Å²) in [6, 6.07) is 16.9. The minimum atomic E-state index is -0.250. The van der Waals surface area contributed by atoms with E-state index >= 15 is 0 Å². The Hall–Kier alpha value is -3.38. The molecule has 6 heteroatoms. The van der Waals surface area contributed by atoms with E-state index in [4.69, 9.17) is 9.47 Å². The Kier molecular flexibility index (Phi) is 8.84. The Morgan fingerprint density at radius 2 is 1.82 bits per heavy atom. The molecule has 0 saturated carbocycles. The molecule has 1 heterocycles. The van der Waals surface area contributed by atoms with Crippen molar-refractivity contribution < 1.29 is 19.1 Å². The second kappa shape index (κ2) is 12.0. The molecule has 0 radical (unpaired) electrons. The van der Waals surface area contributed by atoms with E-state index in [1.54, 1.807) is 35.6 Å². The number of nitrogens with one attached hydrogen (secondary N) is 1. The molecule has 0 fully saturated rings. The van der Waals surface area contributed by atoms with Crippen molar-refractivity contribution in [3.63, 3.8) is 0 Å². The van der Waals surface area contributed by atoms with E-state index in [-0.39, 0.29) is 18.3 Å². The first-order valence-electron chi connectivity index (χ1n) is 11.1. The molecule has 33 heavy (non-hydrogen) atoms. The van der Waals surface area contributed by atoms with E-state index in [1.165, 1.54) is 4.88 Å². The first kappa shape index (κ1) is 24.3. The molecule has 0 saturated heterocycles. The van der Waals surface area contributed by atoms with Gasteiger partial charge in [-0.3, -0.25) is 9.59 Å². The zero-order chi connectivity index (χ0) is 23.6. The number of rotatable bonds is 11. The Morgan fingerprint density at radius 3 is 2.58 bits per heavy atom. The highest BCUT2D eigenvalue weighted by Crippen LogP contribution is 2.29. The number of amides is 1. The van der Waals surface area contributed by atoms with Crippen LogP contribution in [0.2, 0.25) is 0 Å². The fourth-order valence-corrected chi connectivity index (χ4v) is 4.23. The summed E-state index contributed by atoms with van der Waals surface area (Å²) in [6.45, 7) is 6.25. The number of carbonyl (C=O) groups excluding carboxylic acids is 2. The van der Waals surface area contributed by atoms with Gasteiger partial charge < -0.3 is 14.8 Å². The van der Waals surface area contributed by atoms with Gasteiger partial charge in [-0.1, -0.05) is 43.7 Å². The number of benzene rings is 2. The molecule has 1 N–H and O–H groups in total. The number of ether oxygens (including phenoxy) is 2. The minimum Gasteiger partial charge on any atom is -0.490 e. The number of aryl methyl sites for hydroxylation is 2. The molecule has 1 amide bonds. The maximum absolute atomic E-state index is 12.5. The summed E-state index contributed by atoms with van der Waals surface area (Å²) < 4.78 is 11.4. The van der Waals surface area contributed by atoms with Crippen molar-refractivity contribution in [2.45, 2.75) is 33.6 Å². The van der Waals surface area contributed by atoms with Gasteiger partial charge in [0.25, 0.3) is 5.91 Å². The third-order valence-corrected chi connectivity index (χ3v) is 6.03. The van der Waals surface area contributed by atoms with Crippen LogP contribution in [0.5, 0.6) is 11.5 Å². The van der Waals surface area contributed by atoms with Crippen LogP contribution in [0.25, 0.3) is 6.08 Å². The van der Waals surface area contributed by atoms with E-state index < -0.39 is 0 Å². The lowest BCUT2D eigenvalue weighted by Gasteiger charge is -2.13. The number of thiophene rings is 1. The summed E-state index contributed by atoms with van der Waals surface area (Å²) in [7, 11) is 0. The van der Waals surface area contributed by atoms with Gasteiger partial charge in [-0.05, 0) is 67.8 Å². The van der Waals surface area contributed by atoms with Crippen LogP contribution >= 0.6 is 11.3 Å². The summed E-state index contributed by atoms with van der Waals surface area (Å²) in [5, 5.41) is 2.85. The normalized spacial score (nSPS) is 10.9. The van der Waals surface area contributed by atoms with E-state index in [0.29, 0.717) is 18.1 Å². The van der Waals surface area contributed by atoms with Crippen LogP contribution in [-0.2, 0) is 11.2 Å². The first-order valence-corrected chi connectivity index (χ1v) is 11.9. The lowest BCUT2D eigenvalue weighted by Crippen LogP contribution is -2.20. The quantitative estimate of drug-likeness (QED) is 0.267. The maximum Gasteiger partial charge on any atom is 0.262 e. The molecule has 5 nitrogen and oxygen atoms in total. The van der Waals surface area contributed by atoms with E-state index in [2.05, 4.69) is 12.2 Å². The van der Waals surface area contributed by atoms with E-state index in [9.17, 15) is 9.59 Å². The molecule has 2 aromatic carbocycles. The number of anilines is 1. The molecule has 172 valence electrons. The van der Waals surface area contributed by atoms with Crippen molar-refractivity contribution in [2.24, 2.45) is 0 Å². The van der Waals surface area contributed by atoms with Gasteiger partial charge in [-0.2, -0.15) is 0 Å². The summed E-state index contributed by atoms with van der Waals surface area (Å²) in [5.41, 5.74) is 2.55. The van der Waals surface area contributed by atoms with Gasteiger partial charge in [-0.25, -0.2) is 0 Å². The van der Waals surface area contributed by atoms with Crippen molar-refractivity contribution in [3.8, 4) is 11.5 Å². The molecule has 0 unspecified atom stereocenters. The van der Waals surface area contributed by atoms with Crippen molar-refractivity contribution >= 4 is 34.8 Å². The molecule has 0 aliphatic rings. The van der Waals surface area contributed by atoms with Gasteiger partial charge in [0.05, 0.1) is 11.5 Å². The highest BCUT2D eigenvalue weighted by molar-refractivity contribution is 7.14. The number of hydrogen-bond acceptors (Lipinski definition) is 5. The standard InChI is InChI=1S/C27H29NO4S/c1-4-8-21-13-16-26(33-21)23(29)14-11-20-12-15-24(25(17-20)31-5-2)32-18-27(30)28-22-10-7-6-9-19(22)3/h6-7,9-17H,4-5,8,18H2,1-3H3,(H,28,30)/b14-11+. The van der Waals surface area contributed by atoms with Crippen molar-refractivity contribution in [1.29, 1.82) is 0 Å². The summed E-state index contributed by atoms with van der Waals surface area (Å²) >= 11 is 1.54. The van der Waals surface area contributed by atoms with Crippen molar-refractivity contribution in [1.82, 2.24) is 0 Å². The second-order valence-corrected chi connectivity index (χ2v) is 8.67. The van der Waals surface area contributed by atoms with Gasteiger partial charge >= 0.3 is 0 Å². The van der Waals surface area contributed by atoms with Crippen LogP contribution in [-0.4, -0.2) is 24.9 Å². The van der Waals surface area contributed by atoms with E-state index in [1.807, 2.05) is 56.3 Å². The molecule has 0 aliphatic carbocycles. The predicted molar refractivity (Wildman–Crippen MR) is 135 cm³/mol. The average molecular weight is 464 g/mol. The third kappa shape index (κ3) is 7.05. The predicted octanol–water partition coefficient (Wildman–Crippen LogP) is 6.32. The Balaban J connectivity index is 1.64. The molecule has 3 aromatic rings. The molecule has 0 bridgehead atoms. The largest absolute Gasteiger partial charge is 0.490 e. The fourth-order valence-electron chi connectivity index (χ4n) is 3.20. The lowest BCUT2D eigenvalue weighted by molar-refractivity contribution is -0.118. The Morgan fingerprint density at radius 1 is 1.00 bits per heavy atom. The number of para-hydroxylation sites is 1. The van der Waals surface area contributed by atoms with Crippen LogP contribution in [0.15, 0.2) is 60.7 Å². The second-order valence-electron chi connectivity index (χ2n) is 7.50. The average Bonchev–Trinajstić information content (AvgIpc) is 3.28. The van der Waals surface area contributed by atoms with Crippen LogP contribution < -0.4 is 14.8 Å². The molecule has 0 atom stereocenters. The van der Waals surface area contributed by atoms with Crippen LogP contribution in [0.3, 0.4) is 0 Å². The highest BCUT2D eigenvalue weighted by atomic mass is 32.1. The molecule has 1 aromatic heterocycles. The Bertz CT molecular complexity index is 1130. The van der Waals surface area contributed by atoms with Gasteiger partial charge in [-0.15, -0.1) is 11.3 Å². The zero-order valence-electron chi connectivity index (χ0n) is 19.2. The monoisotopic (exact) mass is 463 g/mol. The topological polar surface area (TPSA) is 64.6 Å². The third-order valence-electron chi connectivity index (χ3n) is 4.87. The zero-order valence-corrected chi connectivity index (χ0v) is 20.0. The Labute approximate surface area is 199 Å². The molecule has 0 aliphatic heterocycles. The fraction of sp³-hybridized carbons (Fsp3) is 0.259. The van der Waals surface area contributed by atoms with Crippen molar-refractivity contribution in [2.75, 3.05) is 18.5 Å². The van der Waals surface area contributed by atoms with Gasteiger partial charge in [0, 0.05) is 10.6 Å². The maximum atomic E-state index is 12.5. The van der Waals surface area contributed by atoms with E-state index in [0.717, 1.165) is 34.5 Å². The van der Waals surface area contributed by atoms with Crippen molar-refractivity contribution in [3.05, 3.63) is 81.6 Å². The number of allylic oxidation sites excluding steroid dienone is 1. The van der Waals surface area contributed by atoms with Gasteiger partial charge in [0.2, 0.25) is 0 Å². The van der Waals surface area contributed by atoms with Gasteiger partial charge in [0.1, 0.15) is 0 Å². The van der Waals surface area contributed by atoms with Crippen LogP contribution in [0, 0.1) is 6.92 Å². The molecule has 0 spiro atoms. The van der Waals surface area contributed by atoms with Crippen LogP contribution in [0.1, 0.15) is 45.9 Å². The lowest BCUT2D eigenvalue weighted by atomic mass is 10.1. The molecular weight excluding hydrogens is 434 g/mol. The molecule has 3 rings (SSSR count). The number of carbonyl (C=O) groups is 2. The summed E-state index contributed by atoms with van der Waals surface area (Å²) in [4.78, 5) is 26.8. The minimum absolute atomic E-state index is 0.0199. The smallest absolute Gasteiger partial charge is 0.262 e. The summed E-state index contributed by atoms with van der Waals surface area (Å²) in [6.07, 6.45) is 5.39. The first-order chi connectivity index (χ1) is 16.0. The summed E-state index contributed by atoms with van der Waals surface area (Å²) in [5.74, 6) is 0.730. The number of ketones is 1. The van der Waals surface area contributed by atoms with Crippen LogP contribution in [0.4, 0.5) is 5.69 Å². The SMILES string of the molecule is CCCc1ccc(C(=O)/C=C/c2ccc(OCC(=O)Nc3ccccc3C)c(OCC)c2)s1. The van der Waals surface area contributed by atoms with Gasteiger partial charge in [0.15, 0.2) is 23.9 Å². The number of hydrogen-bond donors (Lipinski definition) is 1. The molecular formula is C27H29NO4S. The highest BCUT2D eigenvalue weighted by Gasteiger charge is 2.11.